The van der Waals surface area contributed by atoms with Gasteiger partial charge in [-0.1, -0.05) is 0 Å². The Labute approximate surface area is 106 Å². The van der Waals surface area contributed by atoms with Gasteiger partial charge in [-0.25, -0.2) is 9.98 Å². The minimum absolute atomic E-state index is 0.619. The molecule has 0 bridgehead atoms. The minimum Gasteiger partial charge on any atom is -0.349 e. The number of nitrogens with one attached hydrogen (secondary N) is 1. The van der Waals surface area contributed by atoms with Crippen LogP contribution in [-0.4, -0.2) is 28.7 Å². The fourth-order valence-corrected chi connectivity index (χ4v) is 2.10. The second-order valence-electron chi connectivity index (χ2n) is 3.45. The predicted molar refractivity (Wildman–Crippen MR) is 70.8 cm³/mol. The molecule has 1 aromatic heterocycles. The van der Waals surface area contributed by atoms with Gasteiger partial charge < -0.3 is 5.32 Å². The van der Waals surface area contributed by atoms with Gasteiger partial charge in [0.25, 0.3) is 0 Å². The van der Waals surface area contributed by atoms with Crippen LogP contribution in [0.3, 0.4) is 0 Å². The Balaban J connectivity index is 2.14. The van der Waals surface area contributed by atoms with Crippen molar-refractivity contribution in [3.8, 4) is 0 Å². The molecule has 5 nitrogen and oxygen atoms in total. The summed E-state index contributed by atoms with van der Waals surface area (Å²) >= 11 is 3.50. The zero-order chi connectivity index (χ0) is 11.7. The first-order valence-electron chi connectivity index (χ1n) is 5.09. The van der Waals surface area contributed by atoms with E-state index < -0.39 is 0 Å². The van der Waals surface area contributed by atoms with E-state index in [-0.39, 0.29) is 0 Å². The van der Waals surface area contributed by atoms with Crippen LogP contribution in [0.1, 0.15) is 0 Å². The normalized spacial score (nSPS) is 16.6. The smallest absolute Gasteiger partial charge is 0.223 e. The summed E-state index contributed by atoms with van der Waals surface area (Å²) < 4.78 is 0.833. The highest BCUT2D eigenvalue weighted by Gasteiger charge is 2.08. The zero-order valence-electron chi connectivity index (χ0n) is 8.76. The molecule has 84 valence electrons. The van der Waals surface area contributed by atoms with Crippen LogP contribution in [-0.2, 0) is 0 Å². The quantitative estimate of drug-likeness (QED) is 0.874. The largest absolute Gasteiger partial charge is 0.349 e. The Kier molecular flexibility index (Phi) is 2.56. The van der Waals surface area contributed by atoms with Crippen LogP contribution in [0.4, 0.5) is 5.69 Å². The lowest BCUT2D eigenvalue weighted by molar-refractivity contribution is 1.11. The van der Waals surface area contributed by atoms with Gasteiger partial charge in [0.15, 0.2) is 0 Å². The first kappa shape index (κ1) is 10.3. The molecule has 0 amide bonds. The van der Waals surface area contributed by atoms with Gasteiger partial charge in [-0.15, -0.1) is 0 Å². The van der Waals surface area contributed by atoms with E-state index in [1.807, 2.05) is 12.1 Å². The second kappa shape index (κ2) is 4.21. The molecule has 1 aliphatic rings. The molecule has 0 unspecified atom stereocenters. The summed E-state index contributed by atoms with van der Waals surface area (Å²) in [5.41, 5.74) is 2.43. The van der Waals surface area contributed by atoms with E-state index in [0.717, 1.165) is 27.7 Å². The number of aromatic nitrogens is 2. The molecular weight excluding hydrogens is 282 g/mol. The number of fused-ring (bicyclic) bond motifs is 1. The number of hydrogen-bond acceptors (Lipinski definition) is 3. The van der Waals surface area contributed by atoms with E-state index in [1.54, 1.807) is 18.6 Å². The lowest BCUT2D eigenvalue weighted by Crippen LogP contribution is -2.15. The fraction of sp³-hybridized carbons (Fsp3) is 0.0909. The van der Waals surface area contributed by atoms with Gasteiger partial charge in [-0.3, -0.25) is 9.97 Å². The maximum Gasteiger partial charge on any atom is 0.223 e. The summed E-state index contributed by atoms with van der Waals surface area (Å²) in [5, 5.41) is 3.05. The van der Waals surface area contributed by atoms with Crippen LogP contribution in [0.25, 0.3) is 11.0 Å². The topological polar surface area (TPSA) is 62.5 Å². The van der Waals surface area contributed by atoms with Crippen molar-refractivity contribution < 1.29 is 0 Å². The van der Waals surface area contributed by atoms with Gasteiger partial charge in [-0.2, -0.15) is 0 Å². The zero-order valence-corrected chi connectivity index (χ0v) is 10.3. The molecule has 2 heterocycles. The van der Waals surface area contributed by atoms with Crippen LogP contribution < -0.4 is 5.32 Å². The predicted octanol–water partition coefficient (Wildman–Crippen LogP) is 2.05. The monoisotopic (exact) mass is 289 g/mol. The Morgan fingerprint density at radius 3 is 2.94 bits per heavy atom. The molecule has 0 fully saturated rings. The van der Waals surface area contributed by atoms with Gasteiger partial charge in [0.2, 0.25) is 5.96 Å². The van der Waals surface area contributed by atoms with E-state index in [9.17, 15) is 0 Å². The third-order valence-corrected chi connectivity index (χ3v) is 3.13. The van der Waals surface area contributed by atoms with Crippen LogP contribution in [0, 0.1) is 0 Å². The molecule has 2 aromatic rings. The van der Waals surface area contributed by atoms with Crippen molar-refractivity contribution in [1.82, 2.24) is 15.3 Å². The summed E-state index contributed by atoms with van der Waals surface area (Å²) in [4.78, 5) is 17.0. The van der Waals surface area contributed by atoms with E-state index >= 15 is 0 Å². The van der Waals surface area contributed by atoms with Gasteiger partial charge in [0.05, 0.1) is 22.2 Å². The molecule has 0 atom stereocenters. The average molecular weight is 290 g/mol. The number of guanidine groups is 1. The van der Waals surface area contributed by atoms with Crippen LogP contribution in [0.2, 0.25) is 0 Å². The summed E-state index contributed by atoms with van der Waals surface area (Å²) in [7, 11) is 0. The van der Waals surface area contributed by atoms with Gasteiger partial charge in [0.1, 0.15) is 5.52 Å². The fourth-order valence-electron chi connectivity index (χ4n) is 1.58. The standard InChI is InChI=1S/C11H8BrN5/c12-9-7(17-11-15-5-6-16-11)1-2-8-10(9)14-4-3-13-8/h1-5H,6H2,(H,16,17). The Morgan fingerprint density at radius 2 is 2.12 bits per heavy atom. The Morgan fingerprint density at radius 1 is 1.24 bits per heavy atom. The molecule has 3 rings (SSSR count). The van der Waals surface area contributed by atoms with Crippen molar-refractivity contribution in [3.05, 3.63) is 29.0 Å². The van der Waals surface area contributed by atoms with Gasteiger partial charge >= 0.3 is 0 Å². The number of hydrogen-bond donors (Lipinski definition) is 1. The van der Waals surface area contributed by atoms with E-state index in [0.29, 0.717) is 5.96 Å². The van der Waals surface area contributed by atoms with Crippen molar-refractivity contribution in [2.45, 2.75) is 0 Å². The number of rotatable bonds is 1. The molecule has 6 heteroatoms. The van der Waals surface area contributed by atoms with Gasteiger partial charge in [0, 0.05) is 18.6 Å². The molecule has 17 heavy (non-hydrogen) atoms. The van der Waals surface area contributed by atoms with Crippen LogP contribution in [0.5, 0.6) is 0 Å². The first-order valence-corrected chi connectivity index (χ1v) is 5.88. The lowest BCUT2D eigenvalue weighted by Gasteiger charge is -2.03. The third kappa shape index (κ3) is 1.91. The average Bonchev–Trinajstić information content (AvgIpc) is 2.86. The molecule has 0 radical (unpaired) electrons. The summed E-state index contributed by atoms with van der Waals surface area (Å²) in [6, 6.07) is 3.79. The maximum atomic E-state index is 4.40. The first-order chi connectivity index (χ1) is 8.34. The molecule has 1 N–H and O–H groups in total. The summed E-state index contributed by atoms with van der Waals surface area (Å²) in [6.07, 6.45) is 5.12. The van der Waals surface area contributed by atoms with Crippen molar-refractivity contribution in [3.63, 3.8) is 0 Å². The van der Waals surface area contributed by atoms with Crippen LogP contribution in [0.15, 0.2) is 39.0 Å². The molecule has 1 aromatic carbocycles. The highest BCUT2D eigenvalue weighted by molar-refractivity contribution is 9.10. The molecule has 0 saturated carbocycles. The molecular formula is C11H8BrN5. The number of benzene rings is 1. The van der Waals surface area contributed by atoms with Crippen molar-refractivity contribution >= 4 is 44.8 Å². The van der Waals surface area contributed by atoms with Crippen molar-refractivity contribution in [2.24, 2.45) is 9.98 Å². The molecule has 0 saturated heterocycles. The van der Waals surface area contributed by atoms with Gasteiger partial charge in [-0.05, 0) is 28.1 Å². The van der Waals surface area contributed by atoms with Crippen molar-refractivity contribution in [2.75, 3.05) is 6.54 Å². The molecule has 0 spiro atoms. The maximum absolute atomic E-state index is 4.40. The highest BCUT2D eigenvalue weighted by Crippen LogP contribution is 2.31. The SMILES string of the molecule is Brc1c(/N=C2/N=CCN2)ccc2nccnc12. The second-order valence-corrected chi connectivity index (χ2v) is 4.24. The highest BCUT2D eigenvalue weighted by atomic mass is 79.9. The van der Waals surface area contributed by atoms with E-state index in [1.165, 1.54) is 0 Å². The number of aliphatic imine (C=N–C) groups is 2. The van der Waals surface area contributed by atoms with Crippen LogP contribution >= 0.6 is 15.9 Å². The van der Waals surface area contributed by atoms with E-state index in [4.69, 9.17) is 0 Å². The lowest BCUT2D eigenvalue weighted by atomic mass is 10.2. The number of halogens is 1. The number of nitrogens with zero attached hydrogens (tertiary/aromatic N) is 4. The molecule has 1 aliphatic heterocycles. The Bertz CT molecular complexity index is 635. The third-order valence-electron chi connectivity index (χ3n) is 2.35. The van der Waals surface area contributed by atoms with E-state index in [2.05, 4.69) is 41.2 Å². The summed E-state index contributed by atoms with van der Waals surface area (Å²) in [5.74, 6) is 0.619. The minimum atomic E-state index is 0.619. The molecule has 0 aliphatic carbocycles. The summed E-state index contributed by atoms with van der Waals surface area (Å²) in [6.45, 7) is 0.726. The van der Waals surface area contributed by atoms with Crippen molar-refractivity contribution in [1.29, 1.82) is 0 Å². The Hall–Kier alpha value is -1.82.